The van der Waals surface area contributed by atoms with Crippen molar-refractivity contribution in [2.75, 3.05) is 33.8 Å². The smallest absolute Gasteiger partial charge is 0.327 e. The van der Waals surface area contributed by atoms with Crippen molar-refractivity contribution in [1.82, 2.24) is 9.57 Å². The molecule has 4 nitrogen and oxygen atoms in total. The minimum atomic E-state index is -0.448. The third-order valence-electron chi connectivity index (χ3n) is 3.22. The third-order valence-corrected chi connectivity index (χ3v) is 5.06. The van der Waals surface area contributed by atoms with Crippen molar-refractivity contribution in [3.63, 3.8) is 0 Å². The van der Waals surface area contributed by atoms with Crippen LogP contribution in [0, 0.1) is 0 Å². The number of nitrogens with zero attached hydrogens (tertiary/aromatic N) is 2. The van der Waals surface area contributed by atoms with Gasteiger partial charge in [-0.15, -0.1) is 0 Å². The van der Waals surface area contributed by atoms with Gasteiger partial charge in [0.2, 0.25) is 0 Å². The van der Waals surface area contributed by atoms with E-state index < -0.39 is 5.54 Å². The summed E-state index contributed by atoms with van der Waals surface area (Å²) in [6.07, 6.45) is 0.793. The predicted octanol–water partition coefficient (Wildman–Crippen LogP) is 0.939. The molecule has 15 heavy (non-hydrogen) atoms. The SMILES string of the molecule is CCC1(C(=O)OC)CN(PP)CCN1C. The zero-order valence-corrected chi connectivity index (χ0v) is 11.8. The molecule has 6 heteroatoms. The first kappa shape index (κ1) is 13.3. The zero-order chi connectivity index (χ0) is 11.5. The van der Waals surface area contributed by atoms with Gasteiger partial charge in [0.05, 0.1) is 7.11 Å². The molecule has 0 aromatic heterocycles. The van der Waals surface area contributed by atoms with Crippen LogP contribution in [0.4, 0.5) is 0 Å². The quantitative estimate of drug-likeness (QED) is 0.551. The third kappa shape index (κ3) is 2.50. The normalized spacial score (nSPS) is 29.9. The molecule has 1 rings (SSSR count). The lowest BCUT2D eigenvalue weighted by Gasteiger charge is -2.46. The van der Waals surface area contributed by atoms with Crippen LogP contribution >= 0.6 is 17.3 Å². The van der Waals surface area contributed by atoms with Gasteiger partial charge in [-0.1, -0.05) is 15.9 Å². The number of piperazine rings is 1. The van der Waals surface area contributed by atoms with Gasteiger partial charge >= 0.3 is 5.97 Å². The summed E-state index contributed by atoms with van der Waals surface area (Å²) in [5, 5.41) is 0. The van der Waals surface area contributed by atoms with Crippen molar-refractivity contribution >= 4 is 23.3 Å². The lowest BCUT2D eigenvalue weighted by molar-refractivity contribution is -0.157. The van der Waals surface area contributed by atoms with Crippen LogP contribution in [0.2, 0.25) is 0 Å². The summed E-state index contributed by atoms with van der Waals surface area (Å²) in [5.74, 6) is -0.111. The zero-order valence-electron chi connectivity index (χ0n) is 9.62. The van der Waals surface area contributed by atoms with Gasteiger partial charge in [-0.05, 0) is 21.9 Å². The van der Waals surface area contributed by atoms with E-state index in [-0.39, 0.29) is 5.97 Å². The van der Waals surface area contributed by atoms with E-state index in [9.17, 15) is 4.79 Å². The molecular weight excluding hydrogens is 230 g/mol. The molecule has 0 N–H and O–H groups in total. The molecule has 0 amide bonds. The maximum absolute atomic E-state index is 11.9. The summed E-state index contributed by atoms with van der Waals surface area (Å²) < 4.78 is 7.23. The van der Waals surface area contributed by atoms with Crippen LogP contribution in [-0.2, 0) is 9.53 Å². The van der Waals surface area contributed by atoms with E-state index >= 15 is 0 Å². The van der Waals surface area contributed by atoms with E-state index in [0.717, 1.165) is 26.1 Å². The summed E-state index contributed by atoms with van der Waals surface area (Å²) in [6.45, 7) is 4.76. The average Bonchev–Trinajstić information content (AvgIpc) is 2.29. The monoisotopic (exact) mass is 250 g/mol. The largest absolute Gasteiger partial charge is 0.468 e. The predicted molar refractivity (Wildman–Crippen MR) is 67.3 cm³/mol. The molecule has 0 spiro atoms. The van der Waals surface area contributed by atoms with Gasteiger partial charge in [0.25, 0.3) is 0 Å². The Balaban J connectivity index is 2.87. The number of methoxy groups -OCH3 is 1. The first-order chi connectivity index (χ1) is 7.10. The molecule has 0 aromatic carbocycles. The average molecular weight is 250 g/mol. The van der Waals surface area contributed by atoms with Crippen LogP contribution in [-0.4, -0.2) is 54.9 Å². The molecule has 1 heterocycles. The number of carbonyl (C=O) groups is 1. The Hall–Kier alpha value is 0.250. The number of likely N-dealkylation sites (N-methyl/N-ethyl adjacent to an activating group) is 1. The molecule has 0 aliphatic carbocycles. The fourth-order valence-electron chi connectivity index (χ4n) is 2.05. The van der Waals surface area contributed by atoms with Gasteiger partial charge in [0.15, 0.2) is 0 Å². The molecule has 88 valence electrons. The van der Waals surface area contributed by atoms with Crippen LogP contribution < -0.4 is 0 Å². The van der Waals surface area contributed by atoms with Gasteiger partial charge in [-0.3, -0.25) is 9.57 Å². The lowest BCUT2D eigenvalue weighted by atomic mass is 9.92. The molecule has 0 bridgehead atoms. The van der Waals surface area contributed by atoms with Crippen molar-refractivity contribution < 1.29 is 9.53 Å². The maximum atomic E-state index is 11.9. The summed E-state index contributed by atoms with van der Waals surface area (Å²) in [4.78, 5) is 14.0. The molecule has 3 unspecified atom stereocenters. The molecule has 1 aliphatic rings. The Labute approximate surface area is 95.6 Å². The van der Waals surface area contributed by atoms with Crippen LogP contribution in [0.1, 0.15) is 13.3 Å². The van der Waals surface area contributed by atoms with Crippen molar-refractivity contribution in [3.8, 4) is 0 Å². The highest BCUT2D eigenvalue weighted by Crippen LogP contribution is 2.34. The second kappa shape index (κ2) is 5.54. The van der Waals surface area contributed by atoms with E-state index in [4.69, 9.17) is 4.74 Å². The summed E-state index contributed by atoms with van der Waals surface area (Å²) in [6, 6.07) is 0. The van der Waals surface area contributed by atoms with Crippen molar-refractivity contribution in [2.24, 2.45) is 0 Å². The van der Waals surface area contributed by atoms with Gasteiger partial charge in [0.1, 0.15) is 5.54 Å². The fraction of sp³-hybridized carbons (Fsp3) is 0.889. The van der Waals surface area contributed by atoms with Crippen LogP contribution in [0.15, 0.2) is 0 Å². The molecule has 1 saturated heterocycles. The first-order valence-corrected chi connectivity index (χ1v) is 7.87. The number of carbonyl (C=O) groups excluding carboxylic acids is 1. The maximum Gasteiger partial charge on any atom is 0.327 e. The molecule has 3 atom stereocenters. The number of ether oxygens (including phenoxy) is 1. The second-order valence-corrected chi connectivity index (χ2v) is 5.51. The molecule has 0 aromatic rings. The lowest BCUT2D eigenvalue weighted by Crippen LogP contribution is -2.63. The van der Waals surface area contributed by atoms with Gasteiger partial charge in [-0.2, -0.15) is 0 Å². The van der Waals surface area contributed by atoms with Crippen molar-refractivity contribution in [3.05, 3.63) is 0 Å². The van der Waals surface area contributed by atoms with E-state index in [1.54, 1.807) is 0 Å². The highest BCUT2D eigenvalue weighted by atomic mass is 32.0. The standard InChI is InChI=1S/C9H20N2O2P2/c1-4-9(8(12)13-3)7-11(15-14)6-5-10(9)2/h15H,4-7,14H2,1-3H3. The fourth-order valence-corrected chi connectivity index (χ4v) is 3.29. The highest BCUT2D eigenvalue weighted by Gasteiger charge is 2.45. The summed E-state index contributed by atoms with van der Waals surface area (Å²) >= 11 is 0. The molecule has 1 aliphatic heterocycles. The molecule has 0 radical (unpaired) electrons. The van der Waals surface area contributed by atoms with Gasteiger partial charge < -0.3 is 4.74 Å². The molecular formula is C9H20N2O2P2. The van der Waals surface area contributed by atoms with E-state index in [0.29, 0.717) is 8.42 Å². The Morgan fingerprint density at radius 2 is 2.27 bits per heavy atom. The minimum Gasteiger partial charge on any atom is -0.468 e. The van der Waals surface area contributed by atoms with Crippen LogP contribution in [0.5, 0.6) is 0 Å². The van der Waals surface area contributed by atoms with Crippen LogP contribution in [0.25, 0.3) is 0 Å². The summed E-state index contributed by atoms with van der Waals surface area (Å²) in [7, 11) is 6.89. The highest BCUT2D eigenvalue weighted by molar-refractivity contribution is 8.01. The van der Waals surface area contributed by atoms with E-state index in [1.807, 2.05) is 14.0 Å². The van der Waals surface area contributed by atoms with Crippen LogP contribution in [0.3, 0.4) is 0 Å². The Morgan fingerprint density at radius 3 is 2.73 bits per heavy atom. The Kier molecular flexibility index (Phi) is 4.92. The minimum absolute atomic E-state index is 0.111. The molecule has 1 fully saturated rings. The van der Waals surface area contributed by atoms with Crippen molar-refractivity contribution in [2.45, 2.75) is 18.9 Å². The second-order valence-electron chi connectivity index (χ2n) is 3.85. The number of hydrogen-bond donors (Lipinski definition) is 0. The number of hydrogen-bond acceptors (Lipinski definition) is 4. The summed E-state index contributed by atoms with van der Waals surface area (Å²) in [5.41, 5.74) is -0.448. The van der Waals surface area contributed by atoms with E-state index in [1.165, 1.54) is 7.11 Å². The van der Waals surface area contributed by atoms with E-state index in [2.05, 4.69) is 18.5 Å². The number of esters is 1. The first-order valence-electron chi connectivity index (χ1n) is 5.11. The molecule has 0 saturated carbocycles. The number of rotatable bonds is 3. The Bertz CT molecular complexity index is 240. The van der Waals surface area contributed by atoms with Crippen molar-refractivity contribution in [1.29, 1.82) is 0 Å². The van der Waals surface area contributed by atoms with Gasteiger partial charge in [0, 0.05) is 19.6 Å². The topological polar surface area (TPSA) is 32.8 Å². The van der Waals surface area contributed by atoms with Gasteiger partial charge in [-0.25, -0.2) is 4.79 Å². The Morgan fingerprint density at radius 1 is 1.60 bits per heavy atom.